The molecule has 29 heavy (non-hydrogen) atoms. The van der Waals surface area contributed by atoms with Crippen LogP contribution in [0.2, 0.25) is 0 Å². The third kappa shape index (κ3) is 5.63. The van der Waals surface area contributed by atoms with Crippen LogP contribution in [0.15, 0.2) is 46.0 Å². The summed E-state index contributed by atoms with van der Waals surface area (Å²) < 4.78 is 17.4. The fraction of sp³-hybridized carbons (Fsp3) is 0.333. The Hall–Kier alpha value is -2.74. The Kier molecular flexibility index (Phi) is 7.35. The highest BCUT2D eigenvalue weighted by atomic mass is 79.9. The lowest BCUT2D eigenvalue weighted by Crippen LogP contribution is -2.24. The number of rotatable bonds is 8. The minimum absolute atomic E-state index is 0.132. The van der Waals surface area contributed by atoms with Gasteiger partial charge in [0, 0.05) is 29.2 Å². The molecule has 0 spiro atoms. The van der Waals surface area contributed by atoms with E-state index in [0.717, 1.165) is 29.0 Å². The smallest absolute Gasteiger partial charge is 0.277 e. The summed E-state index contributed by atoms with van der Waals surface area (Å²) in [5, 5.41) is 4.02. The highest BCUT2D eigenvalue weighted by Gasteiger charge is 2.19. The SMILES string of the molecule is COc1cc(N2CCCC2)c(OC)cc1/C=N\NC(=O)COc1ccc(Br)cc1. The molecule has 0 aromatic heterocycles. The van der Waals surface area contributed by atoms with E-state index in [9.17, 15) is 4.79 Å². The standard InChI is InChI=1S/C21H24BrN3O4/c1-27-19-12-18(25-9-3-4-10-25)20(28-2)11-15(19)13-23-24-21(26)14-29-17-7-5-16(22)6-8-17/h5-8,11-13H,3-4,9-10,14H2,1-2H3,(H,24,26)/b23-13-. The molecule has 1 N–H and O–H groups in total. The molecule has 0 aliphatic carbocycles. The Morgan fingerprint density at radius 1 is 1.14 bits per heavy atom. The number of hydrogen-bond acceptors (Lipinski definition) is 6. The van der Waals surface area contributed by atoms with Crippen molar-refractivity contribution in [2.45, 2.75) is 12.8 Å². The molecule has 3 rings (SSSR count). The normalized spacial score (nSPS) is 13.6. The van der Waals surface area contributed by atoms with Gasteiger partial charge in [-0.2, -0.15) is 5.10 Å². The topological polar surface area (TPSA) is 72.4 Å². The van der Waals surface area contributed by atoms with Crippen LogP contribution >= 0.6 is 15.9 Å². The summed E-state index contributed by atoms with van der Waals surface area (Å²) in [7, 11) is 3.25. The molecule has 1 amide bonds. The molecule has 7 nitrogen and oxygen atoms in total. The van der Waals surface area contributed by atoms with Crippen LogP contribution in [0.1, 0.15) is 18.4 Å². The van der Waals surface area contributed by atoms with E-state index in [-0.39, 0.29) is 12.5 Å². The van der Waals surface area contributed by atoms with Crippen LogP contribution in [0.25, 0.3) is 0 Å². The van der Waals surface area contributed by atoms with Crippen LogP contribution in [-0.2, 0) is 4.79 Å². The molecule has 0 atom stereocenters. The molecule has 1 aliphatic rings. The molecule has 1 aliphatic heterocycles. The zero-order chi connectivity index (χ0) is 20.6. The van der Waals surface area contributed by atoms with Gasteiger partial charge < -0.3 is 19.1 Å². The molecule has 0 radical (unpaired) electrons. The third-order valence-electron chi connectivity index (χ3n) is 4.55. The molecule has 1 saturated heterocycles. The predicted molar refractivity (Wildman–Crippen MR) is 116 cm³/mol. The van der Waals surface area contributed by atoms with Gasteiger partial charge in [0.15, 0.2) is 6.61 Å². The summed E-state index contributed by atoms with van der Waals surface area (Å²) in [6.45, 7) is 1.87. The lowest BCUT2D eigenvalue weighted by Gasteiger charge is -2.22. The van der Waals surface area contributed by atoms with Crippen molar-refractivity contribution in [1.29, 1.82) is 0 Å². The number of methoxy groups -OCH3 is 2. The number of hydrogen-bond donors (Lipinski definition) is 1. The van der Waals surface area contributed by atoms with Gasteiger partial charge in [0.2, 0.25) is 0 Å². The number of nitrogens with zero attached hydrogens (tertiary/aromatic N) is 2. The second-order valence-electron chi connectivity index (χ2n) is 6.50. The Balaban J connectivity index is 1.62. The first-order valence-corrected chi connectivity index (χ1v) is 10.1. The molecule has 154 valence electrons. The van der Waals surface area contributed by atoms with Gasteiger partial charge in [0.25, 0.3) is 5.91 Å². The van der Waals surface area contributed by atoms with Crippen LogP contribution in [0.5, 0.6) is 17.2 Å². The first-order chi connectivity index (χ1) is 14.1. The molecule has 8 heteroatoms. The zero-order valence-electron chi connectivity index (χ0n) is 16.5. The van der Waals surface area contributed by atoms with Crippen LogP contribution < -0.4 is 24.5 Å². The average Bonchev–Trinajstić information content (AvgIpc) is 3.27. The van der Waals surface area contributed by atoms with Crippen molar-refractivity contribution in [2.24, 2.45) is 5.10 Å². The number of benzene rings is 2. The first kappa shape index (κ1) is 21.0. The minimum Gasteiger partial charge on any atom is -0.496 e. The van der Waals surface area contributed by atoms with E-state index >= 15 is 0 Å². The fourth-order valence-electron chi connectivity index (χ4n) is 3.10. The van der Waals surface area contributed by atoms with Crippen LogP contribution in [0.4, 0.5) is 5.69 Å². The predicted octanol–water partition coefficient (Wildman–Crippen LogP) is 3.60. The molecule has 0 bridgehead atoms. The molecule has 0 unspecified atom stereocenters. The summed E-state index contributed by atoms with van der Waals surface area (Å²) in [5.74, 6) is 1.66. The van der Waals surface area contributed by atoms with E-state index in [2.05, 4.69) is 31.4 Å². The molecule has 1 heterocycles. The van der Waals surface area contributed by atoms with E-state index in [1.807, 2.05) is 24.3 Å². The van der Waals surface area contributed by atoms with Gasteiger partial charge in [-0.1, -0.05) is 15.9 Å². The quantitative estimate of drug-likeness (QED) is 0.480. The zero-order valence-corrected chi connectivity index (χ0v) is 18.1. The van der Waals surface area contributed by atoms with Crippen LogP contribution in [-0.4, -0.2) is 46.0 Å². The maximum Gasteiger partial charge on any atom is 0.277 e. The van der Waals surface area contributed by atoms with Crippen molar-refractivity contribution < 1.29 is 19.0 Å². The lowest BCUT2D eigenvalue weighted by atomic mass is 10.1. The second kappa shape index (κ2) is 10.2. The van der Waals surface area contributed by atoms with Crippen molar-refractivity contribution in [3.05, 3.63) is 46.4 Å². The lowest BCUT2D eigenvalue weighted by molar-refractivity contribution is -0.123. The van der Waals surface area contributed by atoms with Crippen molar-refractivity contribution in [2.75, 3.05) is 38.8 Å². The van der Waals surface area contributed by atoms with Gasteiger partial charge in [-0.25, -0.2) is 5.43 Å². The van der Waals surface area contributed by atoms with Gasteiger partial charge in [0.05, 0.1) is 26.1 Å². The third-order valence-corrected chi connectivity index (χ3v) is 5.08. The summed E-state index contributed by atoms with van der Waals surface area (Å²) in [6.07, 6.45) is 3.87. The maximum absolute atomic E-state index is 12.0. The fourth-order valence-corrected chi connectivity index (χ4v) is 3.36. The van der Waals surface area contributed by atoms with Crippen molar-refractivity contribution >= 4 is 33.7 Å². The van der Waals surface area contributed by atoms with Gasteiger partial charge in [-0.15, -0.1) is 0 Å². The molecule has 2 aromatic carbocycles. The molecule has 1 fully saturated rings. The number of ether oxygens (including phenoxy) is 3. The first-order valence-electron chi connectivity index (χ1n) is 9.32. The number of hydrazone groups is 1. The van der Waals surface area contributed by atoms with Crippen molar-refractivity contribution in [3.63, 3.8) is 0 Å². The van der Waals surface area contributed by atoms with Gasteiger partial charge in [-0.05, 0) is 43.2 Å². The molecule has 0 saturated carbocycles. The largest absolute Gasteiger partial charge is 0.496 e. The van der Waals surface area contributed by atoms with Crippen LogP contribution in [0, 0.1) is 0 Å². The Labute approximate surface area is 178 Å². The second-order valence-corrected chi connectivity index (χ2v) is 7.41. The van der Waals surface area contributed by atoms with Gasteiger partial charge in [0.1, 0.15) is 17.2 Å². The summed E-state index contributed by atoms with van der Waals surface area (Å²) in [4.78, 5) is 14.2. The number of carbonyl (C=O) groups is 1. The maximum atomic E-state index is 12.0. The summed E-state index contributed by atoms with van der Waals surface area (Å²) >= 11 is 3.35. The van der Waals surface area contributed by atoms with E-state index < -0.39 is 0 Å². The number of nitrogens with one attached hydrogen (secondary N) is 1. The highest BCUT2D eigenvalue weighted by Crippen LogP contribution is 2.36. The highest BCUT2D eigenvalue weighted by molar-refractivity contribution is 9.10. The van der Waals surface area contributed by atoms with Crippen molar-refractivity contribution in [1.82, 2.24) is 5.43 Å². The van der Waals surface area contributed by atoms with E-state index in [4.69, 9.17) is 14.2 Å². The number of carbonyl (C=O) groups excluding carboxylic acids is 1. The Bertz CT molecular complexity index is 865. The van der Waals surface area contributed by atoms with Crippen LogP contribution in [0.3, 0.4) is 0 Å². The van der Waals surface area contributed by atoms with Crippen molar-refractivity contribution in [3.8, 4) is 17.2 Å². The summed E-state index contributed by atoms with van der Waals surface area (Å²) in [6, 6.07) is 11.1. The molecular formula is C21H24BrN3O4. The van der Waals surface area contributed by atoms with Gasteiger partial charge >= 0.3 is 0 Å². The number of amides is 1. The molecular weight excluding hydrogens is 438 g/mol. The molecule has 2 aromatic rings. The minimum atomic E-state index is -0.358. The Morgan fingerprint density at radius 2 is 1.83 bits per heavy atom. The van der Waals surface area contributed by atoms with E-state index in [0.29, 0.717) is 17.1 Å². The number of halogens is 1. The monoisotopic (exact) mass is 461 g/mol. The number of anilines is 1. The summed E-state index contributed by atoms with van der Waals surface area (Å²) in [5.41, 5.74) is 4.18. The van der Waals surface area contributed by atoms with Gasteiger partial charge in [-0.3, -0.25) is 4.79 Å². The average molecular weight is 462 g/mol. The Morgan fingerprint density at radius 3 is 2.48 bits per heavy atom. The van der Waals surface area contributed by atoms with E-state index in [1.54, 1.807) is 26.4 Å². The van der Waals surface area contributed by atoms with E-state index in [1.165, 1.54) is 19.1 Å².